The molecule has 0 saturated heterocycles. The number of hydrogen-bond donors (Lipinski definition) is 1. The van der Waals surface area contributed by atoms with Crippen LogP contribution in [0.15, 0.2) is 41.4 Å². The fourth-order valence-corrected chi connectivity index (χ4v) is 3.18. The number of halogens is 2. The van der Waals surface area contributed by atoms with E-state index >= 15 is 0 Å². The minimum atomic E-state index is -0.556. The van der Waals surface area contributed by atoms with E-state index in [4.69, 9.17) is 28.1 Å². The third kappa shape index (κ3) is 6.27. The Morgan fingerprint density at radius 1 is 1.12 bits per heavy atom. The molecule has 2 aromatic rings. The van der Waals surface area contributed by atoms with E-state index in [0.717, 1.165) is 16.2 Å². The number of phenolic OH excluding ortho intramolecular Hbond substituents is 1. The molecule has 0 heterocycles. The monoisotopic (exact) mass is 421 g/mol. The fourth-order valence-electron chi connectivity index (χ4n) is 1.96. The van der Waals surface area contributed by atoms with Gasteiger partial charge in [0.1, 0.15) is 5.75 Å². The Morgan fingerprint density at radius 2 is 1.79 bits per heavy atom. The maximum absolute atomic E-state index is 10.3. The van der Waals surface area contributed by atoms with Gasteiger partial charge in [0.2, 0.25) is 0 Å². The molecule has 0 aliphatic carbocycles. The van der Waals surface area contributed by atoms with E-state index in [0.29, 0.717) is 11.5 Å². The van der Waals surface area contributed by atoms with Crippen LogP contribution >= 0.6 is 27.2 Å². The van der Waals surface area contributed by atoms with Gasteiger partial charge in [-0.1, -0.05) is 32.8 Å². The van der Waals surface area contributed by atoms with Gasteiger partial charge >= 0.3 is 35.6 Å². The van der Waals surface area contributed by atoms with E-state index in [1.807, 2.05) is 36.5 Å². The van der Waals surface area contributed by atoms with Crippen LogP contribution < -0.4 is 20.1 Å². The van der Waals surface area contributed by atoms with Crippen molar-refractivity contribution in [1.82, 2.24) is 0 Å². The van der Waals surface area contributed by atoms with E-state index in [1.54, 1.807) is 20.2 Å². The second-order valence-corrected chi connectivity index (χ2v) is 8.30. The SMILES string of the molecule is CN=Cc1ccccc1Pc1cc(OC)cc(OC)c1O.[Cl][Ti][Cl]. The molecule has 4 nitrogen and oxygen atoms in total. The van der Waals surface area contributed by atoms with Crippen molar-refractivity contribution >= 4 is 44.0 Å². The summed E-state index contributed by atoms with van der Waals surface area (Å²) in [4.78, 5) is 4.07. The molecule has 2 rings (SSSR count). The molecule has 8 heteroatoms. The predicted octanol–water partition coefficient (Wildman–Crippen LogP) is 3.46. The zero-order chi connectivity index (χ0) is 17.9. The summed E-state index contributed by atoms with van der Waals surface area (Å²) in [5, 5.41) is 12.2. The molecular weight excluding hydrogens is 404 g/mol. The molecule has 0 bridgehead atoms. The summed E-state index contributed by atoms with van der Waals surface area (Å²) in [6.45, 7) is 0. The van der Waals surface area contributed by atoms with Crippen LogP contribution in [0.5, 0.6) is 17.2 Å². The van der Waals surface area contributed by atoms with Crippen LogP contribution in [0.3, 0.4) is 0 Å². The summed E-state index contributed by atoms with van der Waals surface area (Å²) in [5.41, 5.74) is 1.04. The fraction of sp³-hybridized carbons (Fsp3) is 0.188. The number of rotatable bonds is 5. The molecular formula is C16H18Cl2NO3PTi. The molecule has 0 aliphatic heterocycles. The predicted molar refractivity (Wildman–Crippen MR) is 100 cm³/mol. The number of aromatic hydroxyl groups is 1. The molecule has 0 aromatic heterocycles. The normalized spacial score (nSPS) is 10.5. The quantitative estimate of drug-likeness (QED) is 0.457. The number of hydrogen-bond acceptors (Lipinski definition) is 4. The Labute approximate surface area is 160 Å². The number of ether oxygens (including phenoxy) is 2. The molecule has 0 aliphatic rings. The standard InChI is InChI=1S/C16H18NO3P.2ClH.Ti/c1-17-10-11-6-4-5-7-14(11)21-15-9-12(19-2)8-13(20-3)16(15)18;;;/h4-10,18,21H,1-3H3;2*1H;/q;;;+2/p-2. The average Bonchev–Trinajstić information content (AvgIpc) is 2.59. The third-order valence-electron chi connectivity index (χ3n) is 3.00. The van der Waals surface area contributed by atoms with Crippen molar-refractivity contribution in [3.63, 3.8) is 0 Å². The van der Waals surface area contributed by atoms with Crippen LogP contribution in [0, 0.1) is 0 Å². The van der Waals surface area contributed by atoms with Crippen molar-refractivity contribution in [3.05, 3.63) is 42.0 Å². The van der Waals surface area contributed by atoms with Gasteiger partial charge in [-0.25, -0.2) is 0 Å². The van der Waals surface area contributed by atoms with Crippen molar-refractivity contribution in [2.45, 2.75) is 0 Å². The average molecular weight is 422 g/mol. The van der Waals surface area contributed by atoms with Crippen LogP contribution in [0.4, 0.5) is 0 Å². The summed E-state index contributed by atoms with van der Waals surface area (Å²) >= 11 is -0.556. The van der Waals surface area contributed by atoms with Crippen molar-refractivity contribution in [2.24, 2.45) is 4.99 Å². The zero-order valence-corrected chi connectivity index (χ0v) is 17.6. The summed E-state index contributed by atoms with van der Waals surface area (Å²) in [6, 6.07) is 11.5. The molecule has 0 fully saturated rings. The van der Waals surface area contributed by atoms with Crippen LogP contribution in [0.2, 0.25) is 0 Å². The van der Waals surface area contributed by atoms with Gasteiger partial charge in [-0.2, -0.15) is 0 Å². The van der Waals surface area contributed by atoms with E-state index in [2.05, 4.69) is 4.99 Å². The van der Waals surface area contributed by atoms with E-state index in [1.165, 1.54) is 7.11 Å². The molecule has 0 spiro atoms. The summed E-state index contributed by atoms with van der Waals surface area (Å²) in [6.07, 6.45) is 1.82. The second-order valence-electron chi connectivity index (χ2n) is 4.40. The van der Waals surface area contributed by atoms with Crippen LogP contribution in [-0.2, 0) is 17.0 Å². The molecule has 1 unspecified atom stereocenters. The number of phenols is 1. The molecule has 0 saturated carbocycles. The Bertz CT molecular complexity index is 686. The summed E-state index contributed by atoms with van der Waals surface area (Å²) in [5.74, 6) is 1.23. The molecule has 2 aromatic carbocycles. The number of benzene rings is 2. The van der Waals surface area contributed by atoms with Gasteiger partial charge in [0.15, 0.2) is 11.5 Å². The zero-order valence-electron chi connectivity index (χ0n) is 13.5. The van der Waals surface area contributed by atoms with Gasteiger partial charge in [-0.3, -0.25) is 4.99 Å². The molecule has 1 N–H and O–H groups in total. The first-order valence-corrected chi connectivity index (χ1v) is 12.1. The molecule has 0 amide bonds. The van der Waals surface area contributed by atoms with Crippen LogP contribution in [0.1, 0.15) is 5.56 Å². The third-order valence-corrected chi connectivity index (χ3v) is 4.38. The van der Waals surface area contributed by atoms with Crippen LogP contribution in [0.25, 0.3) is 0 Å². The first kappa shape index (κ1) is 21.3. The Hall–Kier alpha value is -0.766. The van der Waals surface area contributed by atoms with Gasteiger partial charge in [-0.15, -0.1) is 0 Å². The number of nitrogens with zero attached hydrogens (tertiary/aromatic N) is 1. The van der Waals surface area contributed by atoms with E-state index < -0.39 is 17.0 Å². The van der Waals surface area contributed by atoms with Gasteiger partial charge in [0.25, 0.3) is 0 Å². The van der Waals surface area contributed by atoms with Gasteiger partial charge < -0.3 is 14.6 Å². The maximum atomic E-state index is 10.3. The summed E-state index contributed by atoms with van der Waals surface area (Å²) in [7, 11) is 14.9. The number of aliphatic imine (C=N–C) groups is 1. The van der Waals surface area contributed by atoms with Gasteiger partial charge in [0, 0.05) is 24.6 Å². The number of methoxy groups -OCH3 is 2. The van der Waals surface area contributed by atoms with Crippen molar-refractivity contribution in [2.75, 3.05) is 21.3 Å². The molecule has 0 radical (unpaired) electrons. The molecule has 24 heavy (non-hydrogen) atoms. The topological polar surface area (TPSA) is 51.0 Å². The second kappa shape index (κ2) is 11.7. The van der Waals surface area contributed by atoms with E-state index in [9.17, 15) is 5.11 Å². The van der Waals surface area contributed by atoms with Crippen LogP contribution in [-0.4, -0.2) is 32.6 Å². The molecule has 1 atom stereocenters. The van der Waals surface area contributed by atoms with Crippen molar-refractivity contribution in [1.29, 1.82) is 0 Å². The van der Waals surface area contributed by atoms with Crippen molar-refractivity contribution < 1.29 is 31.6 Å². The first-order valence-electron chi connectivity index (χ1n) is 6.80. The Morgan fingerprint density at radius 3 is 2.38 bits per heavy atom. The first-order chi connectivity index (χ1) is 11.6. The van der Waals surface area contributed by atoms with Crippen molar-refractivity contribution in [3.8, 4) is 17.2 Å². The van der Waals surface area contributed by atoms with Gasteiger partial charge in [0.05, 0.1) is 14.2 Å². The minimum absolute atomic E-state index is 0.153. The Balaban J connectivity index is 0.000000891. The van der Waals surface area contributed by atoms with Gasteiger partial charge in [-0.05, 0) is 16.9 Å². The Kier molecular flexibility index (Phi) is 10.4. The molecule has 128 valence electrons. The summed E-state index contributed by atoms with van der Waals surface area (Å²) < 4.78 is 10.4. The van der Waals surface area contributed by atoms with E-state index in [-0.39, 0.29) is 14.3 Å².